The summed E-state index contributed by atoms with van der Waals surface area (Å²) in [7, 11) is 1.49. The predicted molar refractivity (Wildman–Crippen MR) is 89.0 cm³/mol. The highest BCUT2D eigenvalue weighted by atomic mass is 16.5. The Labute approximate surface area is 141 Å². The van der Waals surface area contributed by atoms with Crippen LogP contribution in [-0.4, -0.2) is 32.1 Å². The molecule has 24 heavy (non-hydrogen) atoms. The molecule has 0 radical (unpaired) electrons. The van der Waals surface area contributed by atoms with E-state index in [0.717, 1.165) is 18.4 Å². The number of nitrogens with one attached hydrogen (secondary N) is 1. The zero-order valence-corrected chi connectivity index (χ0v) is 13.9. The topological polar surface area (TPSA) is 90.7 Å². The van der Waals surface area contributed by atoms with Gasteiger partial charge >= 0.3 is 0 Å². The van der Waals surface area contributed by atoms with Gasteiger partial charge in [0.05, 0.1) is 7.11 Å². The number of benzene rings is 1. The SMILES string of the molecule is COc1cc(C(=O)NC[C@H]2C[C@H]3CC[C@H]2C3)ccc1OCC(N)=O. The zero-order chi connectivity index (χ0) is 17.1. The molecule has 2 bridgehead atoms. The van der Waals surface area contributed by atoms with Crippen molar-refractivity contribution in [2.75, 3.05) is 20.3 Å². The average Bonchev–Trinajstić information content (AvgIpc) is 3.20. The van der Waals surface area contributed by atoms with E-state index in [4.69, 9.17) is 15.2 Å². The second-order valence-corrected chi connectivity index (χ2v) is 6.77. The van der Waals surface area contributed by atoms with Gasteiger partial charge in [-0.15, -0.1) is 0 Å². The smallest absolute Gasteiger partial charge is 0.255 e. The summed E-state index contributed by atoms with van der Waals surface area (Å²) in [6.07, 6.45) is 5.25. The molecule has 2 aliphatic carbocycles. The molecule has 0 aliphatic heterocycles. The van der Waals surface area contributed by atoms with Gasteiger partial charge in [-0.05, 0) is 55.2 Å². The van der Waals surface area contributed by atoms with E-state index in [1.807, 2.05) is 0 Å². The first-order chi connectivity index (χ1) is 11.6. The number of primary amides is 1. The highest BCUT2D eigenvalue weighted by Crippen LogP contribution is 2.47. The third kappa shape index (κ3) is 3.63. The minimum Gasteiger partial charge on any atom is -0.493 e. The molecule has 6 nitrogen and oxygen atoms in total. The number of fused-ring (bicyclic) bond motifs is 2. The van der Waals surface area contributed by atoms with Gasteiger partial charge < -0.3 is 20.5 Å². The van der Waals surface area contributed by atoms with E-state index in [1.165, 1.54) is 32.8 Å². The minimum absolute atomic E-state index is 0.113. The number of hydrogen-bond acceptors (Lipinski definition) is 4. The molecule has 0 aromatic heterocycles. The summed E-state index contributed by atoms with van der Waals surface area (Å²) in [6.45, 7) is 0.508. The van der Waals surface area contributed by atoms with Gasteiger partial charge in [-0.25, -0.2) is 0 Å². The molecular formula is C18H24N2O4. The number of carbonyl (C=O) groups excluding carboxylic acids is 2. The molecule has 3 N–H and O–H groups in total. The summed E-state index contributed by atoms with van der Waals surface area (Å²) in [4.78, 5) is 23.2. The van der Waals surface area contributed by atoms with E-state index < -0.39 is 5.91 Å². The fourth-order valence-electron chi connectivity index (χ4n) is 4.03. The Morgan fingerprint density at radius 3 is 2.71 bits per heavy atom. The molecule has 1 aromatic rings. The van der Waals surface area contributed by atoms with Crippen LogP contribution in [0.1, 0.15) is 36.0 Å². The highest BCUT2D eigenvalue weighted by Gasteiger charge is 2.39. The summed E-state index contributed by atoms with van der Waals surface area (Å²) < 4.78 is 10.5. The maximum Gasteiger partial charge on any atom is 0.255 e. The molecule has 130 valence electrons. The molecule has 1 aromatic carbocycles. The van der Waals surface area contributed by atoms with Crippen LogP contribution in [0.25, 0.3) is 0 Å². The second kappa shape index (κ2) is 7.11. The summed E-state index contributed by atoms with van der Waals surface area (Å²) in [6, 6.07) is 4.90. The third-order valence-corrected chi connectivity index (χ3v) is 5.21. The van der Waals surface area contributed by atoms with Crippen LogP contribution in [0.15, 0.2) is 18.2 Å². The number of nitrogens with two attached hydrogens (primary N) is 1. The molecular weight excluding hydrogens is 308 g/mol. The number of carbonyl (C=O) groups is 2. The van der Waals surface area contributed by atoms with Crippen LogP contribution in [0.2, 0.25) is 0 Å². The van der Waals surface area contributed by atoms with Crippen LogP contribution in [-0.2, 0) is 4.79 Å². The first-order valence-corrected chi connectivity index (χ1v) is 8.44. The molecule has 6 heteroatoms. The van der Waals surface area contributed by atoms with Gasteiger partial charge in [0, 0.05) is 12.1 Å². The van der Waals surface area contributed by atoms with Crippen molar-refractivity contribution in [1.29, 1.82) is 0 Å². The van der Waals surface area contributed by atoms with Gasteiger partial charge in [0.25, 0.3) is 11.8 Å². The Morgan fingerprint density at radius 1 is 1.25 bits per heavy atom. The second-order valence-electron chi connectivity index (χ2n) is 6.77. The highest BCUT2D eigenvalue weighted by molar-refractivity contribution is 5.94. The van der Waals surface area contributed by atoms with Gasteiger partial charge in [-0.2, -0.15) is 0 Å². The van der Waals surface area contributed by atoms with Crippen LogP contribution in [0.3, 0.4) is 0 Å². The fraction of sp³-hybridized carbons (Fsp3) is 0.556. The lowest BCUT2D eigenvalue weighted by molar-refractivity contribution is -0.119. The number of amides is 2. The van der Waals surface area contributed by atoms with E-state index in [0.29, 0.717) is 23.0 Å². The molecule has 0 heterocycles. The van der Waals surface area contributed by atoms with E-state index in [-0.39, 0.29) is 12.5 Å². The van der Waals surface area contributed by atoms with E-state index in [9.17, 15) is 9.59 Å². The maximum atomic E-state index is 12.4. The van der Waals surface area contributed by atoms with Crippen molar-refractivity contribution in [2.24, 2.45) is 23.5 Å². The van der Waals surface area contributed by atoms with Crippen molar-refractivity contribution in [3.8, 4) is 11.5 Å². The van der Waals surface area contributed by atoms with Crippen molar-refractivity contribution in [2.45, 2.75) is 25.7 Å². The number of rotatable bonds is 7. The van der Waals surface area contributed by atoms with Crippen LogP contribution in [0, 0.1) is 17.8 Å². The lowest BCUT2D eigenvalue weighted by atomic mass is 9.89. The molecule has 0 unspecified atom stereocenters. The van der Waals surface area contributed by atoms with Crippen LogP contribution < -0.4 is 20.5 Å². The van der Waals surface area contributed by atoms with Crippen molar-refractivity contribution in [3.05, 3.63) is 23.8 Å². The quantitative estimate of drug-likeness (QED) is 0.795. The summed E-state index contributed by atoms with van der Waals surface area (Å²) in [5.41, 5.74) is 5.58. The molecule has 2 aliphatic rings. The van der Waals surface area contributed by atoms with E-state index >= 15 is 0 Å². The van der Waals surface area contributed by atoms with Crippen LogP contribution in [0.5, 0.6) is 11.5 Å². The Morgan fingerprint density at radius 2 is 2.08 bits per heavy atom. The lowest BCUT2D eigenvalue weighted by Gasteiger charge is -2.21. The van der Waals surface area contributed by atoms with Gasteiger partial charge in [-0.3, -0.25) is 9.59 Å². The first-order valence-electron chi connectivity index (χ1n) is 8.44. The Hall–Kier alpha value is -2.24. The Balaban J connectivity index is 1.59. The maximum absolute atomic E-state index is 12.4. The zero-order valence-electron chi connectivity index (χ0n) is 13.9. The minimum atomic E-state index is -0.565. The Bertz CT molecular complexity index is 631. The van der Waals surface area contributed by atoms with Crippen LogP contribution in [0.4, 0.5) is 0 Å². The number of hydrogen-bond donors (Lipinski definition) is 2. The predicted octanol–water partition coefficient (Wildman–Crippen LogP) is 1.73. The largest absolute Gasteiger partial charge is 0.493 e. The van der Waals surface area contributed by atoms with Gasteiger partial charge in [0.15, 0.2) is 18.1 Å². The Kier molecular flexibility index (Phi) is 4.92. The molecule has 3 rings (SSSR count). The summed E-state index contributed by atoms with van der Waals surface area (Å²) in [5, 5.41) is 3.04. The summed E-state index contributed by atoms with van der Waals surface area (Å²) in [5.74, 6) is 2.40. The molecule has 0 saturated heterocycles. The van der Waals surface area contributed by atoms with Crippen molar-refractivity contribution >= 4 is 11.8 Å². The fourth-order valence-corrected chi connectivity index (χ4v) is 4.03. The standard InChI is InChI=1S/C18H24N2O4/c1-23-16-8-13(4-5-15(16)24-10-17(19)21)18(22)20-9-14-7-11-2-3-12(14)6-11/h4-5,8,11-12,14H,2-3,6-7,9-10H2,1H3,(H2,19,21)(H,20,22)/t11-,12-,14+/m0/s1. The third-order valence-electron chi connectivity index (χ3n) is 5.21. The molecule has 2 saturated carbocycles. The van der Waals surface area contributed by atoms with Gasteiger partial charge in [0.2, 0.25) is 0 Å². The number of ether oxygens (including phenoxy) is 2. The van der Waals surface area contributed by atoms with E-state index in [1.54, 1.807) is 18.2 Å². The molecule has 2 fully saturated rings. The first kappa shape index (κ1) is 16.6. The van der Waals surface area contributed by atoms with Gasteiger partial charge in [0.1, 0.15) is 0 Å². The van der Waals surface area contributed by atoms with Crippen molar-refractivity contribution < 1.29 is 19.1 Å². The average molecular weight is 332 g/mol. The van der Waals surface area contributed by atoms with Crippen molar-refractivity contribution in [3.63, 3.8) is 0 Å². The molecule has 3 atom stereocenters. The normalized spacial score (nSPS) is 24.6. The van der Waals surface area contributed by atoms with Crippen LogP contribution >= 0.6 is 0 Å². The molecule has 2 amide bonds. The molecule has 0 spiro atoms. The number of methoxy groups -OCH3 is 1. The van der Waals surface area contributed by atoms with E-state index in [2.05, 4.69) is 5.32 Å². The monoisotopic (exact) mass is 332 g/mol. The van der Waals surface area contributed by atoms with Gasteiger partial charge in [-0.1, -0.05) is 6.42 Å². The lowest BCUT2D eigenvalue weighted by Crippen LogP contribution is -2.31. The summed E-state index contributed by atoms with van der Waals surface area (Å²) >= 11 is 0. The van der Waals surface area contributed by atoms with Crippen molar-refractivity contribution in [1.82, 2.24) is 5.32 Å².